The second-order valence-corrected chi connectivity index (χ2v) is 4.34. The van der Waals surface area contributed by atoms with E-state index in [0.717, 1.165) is 4.68 Å². The van der Waals surface area contributed by atoms with E-state index in [9.17, 15) is 20.6 Å². The predicted octanol–water partition coefficient (Wildman–Crippen LogP) is 2.04. The molecule has 0 unspecified atom stereocenters. The van der Waals surface area contributed by atoms with E-state index in [1.807, 2.05) is 6.07 Å². The first-order chi connectivity index (χ1) is 10.1. The highest BCUT2D eigenvalue weighted by Gasteiger charge is 2.22. The Balaban J connectivity index is 2.35. The van der Waals surface area contributed by atoms with Gasteiger partial charge in [0.15, 0.2) is 5.69 Å². The average molecular weight is 280 g/mol. The van der Waals surface area contributed by atoms with E-state index in [1.165, 1.54) is 18.2 Å². The molecule has 0 radical (unpaired) electrons. The molecule has 21 heavy (non-hydrogen) atoms. The Hall–Kier alpha value is -3.40. The second kappa shape index (κ2) is 4.61. The number of nitrogens with zero attached hydrogens (tertiary/aromatic N) is 4. The van der Waals surface area contributed by atoms with Crippen molar-refractivity contribution in [3.8, 4) is 11.8 Å². The van der Waals surface area contributed by atoms with Gasteiger partial charge in [0, 0.05) is 18.2 Å². The second-order valence-electron chi connectivity index (χ2n) is 4.34. The van der Waals surface area contributed by atoms with Crippen molar-refractivity contribution in [2.75, 3.05) is 0 Å². The van der Waals surface area contributed by atoms with E-state index >= 15 is 0 Å². The van der Waals surface area contributed by atoms with Crippen LogP contribution in [-0.4, -0.2) is 9.61 Å². The Morgan fingerprint density at radius 2 is 1.95 bits per heavy atom. The fraction of sp³-hybridized carbons (Fsp3) is 0. The largest absolute Gasteiger partial charge is 0.595 e. The van der Waals surface area contributed by atoms with E-state index in [0.29, 0.717) is 15.7 Å². The first-order valence-electron chi connectivity index (χ1n) is 6.01. The molecule has 0 bridgehead atoms. The topological polar surface area (TPSA) is 98.8 Å². The van der Waals surface area contributed by atoms with Gasteiger partial charge >= 0.3 is 0 Å². The lowest BCUT2D eigenvalue weighted by Gasteiger charge is -2.04. The molecule has 3 rings (SSSR count). The summed E-state index contributed by atoms with van der Waals surface area (Å²) in [6, 6.07) is 14.2. The first kappa shape index (κ1) is 12.6. The Morgan fingerprint density at radius 3 is 2.67 bits per heavy atom. The number of nitriles is 1. The summed E-state index contributed by atoms with van der Waals surface area (Å²) >= 11 is 0. The zero-order chi connectivity index (χ0) is 15.0. The van der Waals surface area contributed by atoms with Crippen LogP contribution in [0.2, 0.25) is 0 Å². The fourth-order valence-corrected chi connectivity index (χ4v) is 2.23. The van der Waals surface area contributed by atoms with Crippen LogP contribution in [0, 0.1) is 26.7 Å². The van der Waals surface area contributed by atoms with Gasteiger partial charge in [0.05, 0.1) is 10.3 Å². The van der Waals surface area contributed by atoms with Gasteiger partial charge in [-0.25, -0.2) is 0 Å². The summed E-state index contributed by atoms with van der Waals surface area (Å²) in [6.07, 6.45) is 0. The van der Waals surface area contributed by atoms with Gasteiger partial charge in [-0.3, -0.25) is 10.1 Å². The smallest absolute Gasteiger partial charge is 0.271 e. The molecule has 1 aromatic heterocycles. The molecular formula is C14H8N4O3. The normalized spacial score (nSPS) is 10.4. The summed E-state index contributed by atoms with van der Waals surface area (Å²) in [5, 5.41) is 33.0. The highest BCUT2D eigenvalue weighted by atomic mass is 16.6. The number of non-ortho nitro benzene ring substituents is 1. The van der Waals surface area contributed by atoms with Crippen LogP contribution in [0.15, 0.2) is 48.5 Å². The predicted molar refractivity (Wildman–Crippen MR) is 73.6 cm³/mol. The van der Waals surface area contributed by atoms with Crippen molar-refractivity contribution in [2.45, 2.75) is 0 Å². The highest BCUT2D eigenvalue weighted by Crippen LogP contribution is 2.22. The number of para-hydroxylation sites is 1. The van der Waals surface area contributed by atoms with Crippen LogP contribution in [0.3, 0.4) is 0 Å². The molecule has 0 aliphatic carbocycles. The van der Waals surface area contributed by atoms with E-state index in [2.05, 4.69) is 0 Å². The van der Waals surface area contributed by atoms with Crippen LogP contribution in [-0.2, 0) is 0 Å². The lowest BCUT2D eigenvalue weighted by Crippen LogP contribution is -2.37. The van der Waals surface area contributed by atoms with Crippen molar-refractivity contribution in [3.63, 3.8) is 0 Å². The summed E-state index contributed by atoms with van der Waals surface area (Å²) < 4.78 is 1.12. The van der Waals surface area contributed by atoms with Crippen LogP contribution in [0.1, 0.15) is 5.69 Å². The average Bonchev–Trinajstić information content (AvgIpc) is 2.80. The Morgan fingerprint density at radius 1 is 1.19 bits per heavy atom. The third-order valence-corrected chi connectivity index (χ3v) is 3.15. The molecule has 0 spiro atoms. The zero-order valence-corrected chi connectivity index (χ0v) is 10.6. The van der Waals surface area contributed by atoms with Gasteiger partial charge in [0.2, 0.25) is 0 Å². The zero-order valence-electron chi connectivity index (χ0n) is 10.6. The minimum Gasteiger partial charge on any atom is -0.595 e. The van der Waals surface area contributed by atoms with Crippen molar-refractivity contribution in [1.29, 1.82) is 5.26 Å². The standard InChI is InChI=1S/C14H8N4O3/c15-9-14-12-6-1-2-7-13(12)17(19)16(14)10-4-3-5-11(8-10)18(20)21/h1-8H. The number of hydrogen-bond donors (Lipinski definition) is 0. The van der Waals surface area contributed by atoms with Crippen molar-refractivity contribution in [3.05, 3.63) is 69.5 Å². The third kappa shape index (κ3) is 1.86. The molecule has 0 N–H and O–H groups in total. The highest BCUT2D eigenvalue weighted by molar-refractivity contribution is 5.81. The van der Waals surface area contributed by atoms with E-state index in [4.69, 9.17) is 0 Å². The number of hydrogen-bond acceptors (Lipinski definition) is 4. The molecule has 7 heteroatoms. The van der Waals surface area contributed by atoms with Crippen molar-refractivity contribution in [2.24, 2.45) is 0 Å². The van der Waals surface area contributed by atoms with Gasteiger partial charge in [0.1, 0.15) is 11.8 Å². The molecule has 1 heterocycles. The molecule has 0 amide bonds. The summed E-state index contributed by atoms with van der Waals surface area (Å²) in [6.45, 7) is 0. The van der Waals surface area contributed by atoms with Crippen molar-refractivity contribution >= 4 is 16.6 Å². The molecule has 3 aromatic rings. The molecule has 102 valence electrons. The summed E-state index contributed by atoms with van der Waals surface area (Å²) in [7, 11) is 0. The summed E-state index contributed by atoms with van der Waals surface area (Å²) in [5.41, 5.74) is 0.600. The molecular weight excluding hydrogens is 272 g/mol. The molecule has 0 fully saturated rings. The number of nitro benzene ring substituents is 1. The Labute approximate surface area is 118 Å². The van der Waals surface area contributed by atoms with E-state index < -0.39 is 4.92 Å². The molecule has 0 saturated carbocycles. The maximum Gasteiger partial charge on any atom is 0.271 e. The van der Waals surface area contributed by atoms with Gasteiger partial charge in [0.25, 0.3) is 11.2 Å². The van der Waals surface area contributed by atoms with Crippen molar-refractivity contribution in [1.82, 2.24) is 4.68 Å². The molecule has 7 nitrogen and oxygen atoms in total. The molecule has 0 saturated heterocycles. The fourth-order valence-electron chi connectivity index (χ4n) is 2.23. The maximum atomic E-state index is 12.3. The minimum atomic E-state index is -0.548. The number of rotatable bonds is 2. The lowest BCUT2D eigenvalue weighted by molar-refractivity contribution is -0.659. The van der Waals surface area contributed by atoms with Gasteiger partial charge in [-0.2, -0.15) is 5.26 Å². The SMILES string of the molecule is N#Cc1c2ccccc2[n+]([O-])n1-c1cccc([N+](=O)[O-])c1. The molecule has 0 aliphatic heterocycles. The van der Waals surface area contributed by atoms with E-state index in [1.54, 1.807) is 30.3 Å². The van der Waals surface area contributed by atoms with Crippen LogP contribution in [0.4, 0.5) is 5.69 Å². The van der Waals surface area contributed by atoms with Gasteiger partial charge in [-0.1, -0.05) is 27.7 Å². The number of benzene rings is 2. The number of aromatic nitrogens is 2. The van der Waals surface area contributed by atoms with Gasteiger partial charge in [-0.15, -0.1) is 0 Å². The quantitative estimate of drug-likeness (QED) is 0.310. The van der Waals surface area contributed by atoms with Gasteiger partial charge < -0.3 is 5.21 Å². The van der Waals surface area contributed by atoms with Crippen LogP contribution >= 0.6 is 0 Å². The van der Waals surface area contributed by atoms with E-state index in [-0.39, 0.29) is 17.1 Å². The van der Waals surface area contributed by atoms with Crippen molar-refractivity contribution < 1.29 is 9.77 Å². The van der Waals surface area contributed by atoms with Crippen LogP contribution in [0.5, 0.6) is 0 Å². The monoisotopic (exact) mass is 280 g/mol. The molecule has 0 aliphatic rings. The lowest BCUT2D eigenvalue weighted by atomic mass is 10.2. The summed E-state index contributed by atoms with van der Waals surface area (Å²) in [5.74, 6) is 0. The molecule has 0 atom stereocenters. The van der Waals surface area contributed by atoms with Crippen LogP contribution < -0.4 is 4.85 Å². The van der Waals surface area contributed by atoms with Gasteiger partial charge in [-0.05, 0) is 12.1 Å². The maximum absolute atomic E-state index is 12.3. The Bertz CT molecular complexity index is 908. The minimum absolute atomic E-state index is 0.140. The van der Waals surface area contributed by atoms with Crippen LogP contribution in [0.25, 0.3) is 16.6 Å². The summed E-state index contributed by atoms with van der Waals surface area (Å²) in [4.78, 5) is 10.9. The number of nitro groups is 1. The molecule has 2 aromatic carbocycles. The number of fused-ring (bicyclic) bond motifs is 1. The Kier molecular flexibility index (Phi) is 2.77. The first-order valence-corrected chi connectivity index (χ1v) is 6.01. The third-order valence-electron chi connectivity index (χ3n) is 3.15.